The standard InChI is InChI=1S/C10H16O5/c1-13-9(12)8-7(6-11)4-5-10(8,14-2)15-3/h6-8H,4-5H2,1-3H3/t7-,8+/m1/s1. The van der Waals surface area contributed by atoms with Gasteiger partial charge in [0.2, 0.25) is 0 Å². The van der Waals surface area contributed by atoms with Crippen LogP contribution in [-0.4, -0.2) is 39.4 Å². The average Bonchev–Trinajstić information content (AvgIpc) is 2.67. The third kappa shape index (κ3) is 1.89. The second kappa shape index (κ2) is 4.72. The highest BCUT2D eigenvalue weighted by molar-refractivity contribution is 5.78. The van der Waals surface area contributed by atoms with Crippen molar-refractivity contribution in [2.75, 3.05) is 21.3 Å². The van der Waals surface area contributed by atoms with Gasteiger partial charge in [0, 0.05) is 26.6 Å². The lowest BCUT2D eigenvalue weighted by Crippen LogP contribution is -2.44. The lowest BCUT2D eigenvalue weighted by atomic mass is 9.94. The maximum atomic E-state index is 11.6. The van der Waals surface area contributed by atoms with Crippen molar-refractivity contribution < 1.29 is 23.8 Å². The summed E-state index contributed by atoms with van der Waals surface area (Å²) < 4.78 is 15.1. The molecule has 0 amide bonds. The number of hydrogen-bond donors (Lipinski definition) is 0. The van der Waals surface area contributed by atoms with E-state index in [1.54, 1.807) is 0 Å². The van der Waals surface area contributed by atoms with Crippen LogP contribution in [0.25, 0.3) is 0 Å². The monoisotopic (exact) mass is 216 g/mol. The van der Waals surface area contributed by atoms with E-state index in [2.05, 4.69) is 4.74 Å². The van der Waals surface area contributed by atoms with Gasteiger partial charge >= 0.3 is 5.97 Å². The summed E-state index contributed by atoms with van der Waals surface area (Å²) in [6.07, 6.45) is 1.86. The zero-order valence-corrected chi connectivity index (χ0v) is 9.19. The molecule has 15 heavy (non-hydrogen) atoms. The molecular weight excluding hydrogens is 200 g/mol. The van der Waals surface area contributed by atoms with Crippen molar-refractivity contribution in [3.05, 3.63) is 0 Å². The highest BCUT2D eigenvalue weighted by Gasteiger charge is 2.54. The summed E-state index contributed by atoms with van der Waals surface area (Å²) in [4.78, 5) is 22.4. The van der Waals surface area contributed by atoms with Crippen LogP contribution in [0.2, 0.25) is 0 Å². The number of carbonyl (C=O) groups is 2. The maximum Gasteiger partial charge on any atom is 0.314 e. The van der Waals surface area contributed by atoms with Crippen molar-refractivity contribution in [2.24, 2.45) is 11.8 Å². The molecule has 86 valence electrons. The molecule has 0 aromatic rings. The Labute approximate surface area is 88.7 Å². The number of hydrogen-bond acceptors (Lipinski definition) is 5. The van der Waals surface area contributed by atoms with Crippen molar-refractivity contribution in [1.29, 1.82) is 0 Å². The van der Waals surface area contributed by atoms with Gasteiger partial charge in [-0.3, -0.25) is 4.79 Å². The van der Waals surface area contributed by atoms with Gasteiger partial charge in [0.15, 0.2) is 5.79 Å². The molecule has 0 aromatic heterocycles. The molecule has 1 aliphatic carbocycles. The Balaban J connectivity index is 2.98. The minimum atomic E-state index is -1.02. The van der Waals surface area contributed by atoms with Gasteiger partial charge in [0.25, 0.3) is 0 Å². The molecule has 5 heteroatoms. The second-order valence-electron chi connectivity index (χ2n) is 3.56. The van der Waals surface area contributed by atoms with Crippen molar-refractivity contribution in [1.82, 2.24) is 0 Å². The number of methoxy groups -OCH3 is 3. The topological polar surface area (TPSA) is 61.8 Å². The molecule has 0 unspecified atom stereocenters. The Kier molecular flexibility index (Phi) is 3.82. The van der Waals surface area contributed by atoms with Crippen LogP contribution < -0.4 is 0 Å². The average molecular weight is 216 g/mol. The lowest BCUT2D eigenvalue weighted by molar-refractivity contribution is -0.234. The minimum absolute atomic E-state index is 0.391. The molecule has 5 nitrogen and oxygen atoms in total. The molecule has 1 saturated carbocycles. The summed E-state index contributed by atoms with van der Waals surface area (Å²) in [6.45, 7) is 0. The molecule has 0 heterocycles. The highest BCUT2D eigenvalue weighted by Crippen LogP contribution is 2.42. The molecule has 0 saturated heterocycles. The van der Waals surface area contributed by atoms with Crippen LogP contribution in [-0.2, 0) is 23.8 Å². The van der Waals surface area contributed by atoms with Crippen LogP contribution in [0.3, 0.4) is 0 Å². The van der Waals surface area contributed by atoms with Gasteiger partial charge in [-0.05, 0) is 6.42 Å². The third-order valence-electron chi connectivity index (χ3n) is 3.05. The SMILES string of the molecule is COC(=O)[C@@H]1[C@@H](C=O)CCC1(OC)OC. The first kappa shape index (κ1) is 12.1. The predicted molar refractivity (Wildman–Crippen MR) is 51.0 cm³/mol. The van der Waals surface area contributed by atoms with Crippen LogP contribution in [0.1, 0.15) is 12.8 Å². The van der Waals surface area contributed by atoms with Gasteiger partial charge in [0.1, 0.15) is 12.2 Å². The van der Waals surface area contributed by atoms with E-state index < -0.39 is 23.6 Å². The summed E-state index contributed by atoms with van der Waals surface area (Å²) in [5, 5.41) is 0. The normalized spacial score (nSPS) is 28.7. The summed E-state index contributed by atoms with van der Waals surface area (Å²) in [7, 11) is 4.22. The zero-order valence-electron chi connectivity index (χ0n) is 9.19. The van der Waals surface area contributed by atoms with E-state index >= 15 is 0 Å². The second-order valence-corrected chi connectivity index (χ2v) is 3.56. The molecule has 2 atom stereocenters. The molecular formula is C10H16O5. The van der Waals surface area contributed by atoms with Crippen LogP contribution in [0.15, 0.2) is 0 Å². The summed E-state index contributed by atoms with van der Waals surface area (Å²) in [5.74, 6) is -2.54. The Morgan fingerprint density at radius 3 is 2.33 bits per heavy atom. The lowest BCUT2D eigenvalue weighted by Gasteiger charge is -2.31. The van der Waals surface area contributed by atoms with E-state index in [1.165, 1.54) is 21.3 Å². The summed E-state index contributed by atoms with van der Waals surface area (Å²) >= 11 is 0. The number of aldehydes is 1. The van der Waals surface area contributed by atoms with Gasteiger partial charge < -0.3 is 19.0 Å². The Morgan fingerprint density at radius 1 is 1.33 bits per heavy atom. The van der Waals surface area contributed by atoms with Gasteiger partial charge in [-0.25, -0.2) is 0 Å². The van der Waals surface area contributed by atoms with Crippen molar-refractivity contribution in [3.8, 4) is 0 Å². The summed E-state index contributed by atoms with van der Waals surface area (Å²) in [5.41, 5.74) is 0. The molecule has 0 radical (unpaired) electrons. The molecule has 1 fully saturated rings. The fourth-order valence-electron chi connectivity index (χ4n) is 2.19. The van der Waals surface area contributed by atoms with Crippen LogP contribution >= 0.6 is 0 Å². The fraction of sp³-hybridized carbons (Fsp3) is 0.800. The molecule has 1 rings (SSSR count). The van der Waals surface area contributed by atoms with Crippen LogP contribution in [0.5, 0.6) is 0 Å². The van der Waals surface area contributed by atoms with E-state index in [0.29, 0.717) is 12.8 Å². The summed E-state index contributed by atoms with van der Waals surface area (Å²) in [6, 6.07) is 0. The Hall–Kier alpha value is -0.940. The van der Waals surface area contributed by atoms with Gasteiger partial charge in [-0.15, -0.1) is 0 Å². The molecule has 0 spiro atoms. The minimum Gasteiger partial charge on any atom is -0.469 e. The number of ether oxygens (including phenoxy) is 3. The van der Waals surface area contributed by atoms with Gasteiger partial charge in [-0.2, -0.15) is 0 Å². The fourth-order valence-corrected chi connectivity index (χ4v) is 2.19. The van der Waals surface area contributed by atoms with Gasteiger partial charge in [0.05, 0.1) is 7.11 Å². The van der Waals surface area contributed by atoms with E-state index in [-0.39, 0.29) is 0 Å². The van der Waals surface area contributed by atoms with Crippen molar-refractivity contribution in [3.63, 3.8) is 0 Å². The maximum absolute atomic E-state index is 11.6. The van der Waals surface area contributed by atoms with E-state index in [1.807, 2.05) is 0 Å². The number of carbonyl (C=O) groups excluding carboxylic acids is 2. The Bertz CT molecular complexity index is 246. The Morgan fingerprint density at radius 2 is 1.93 bits per heavy atom. The first-order chi connectivity index (χ1) is 7.15. The van der Waals surface area contributed by atoms with Crippen molar-refractivity contribution in [2.45, 2.75) is 18.6 Å². The van der Waals surface area contributed by atoms with E-state index in [4.69, 9.17) is 9.47 Å². The molecule has 0 N–H and O–H groups in total. The van der Waals surface area contributed by atoms with Gasteiger partial charge in [-0.1, -0.05) is 0 Å². The van der Waals surface area contributed by atoms with E-state index in [9.17, 15) is 9.59 Å². The zero-order chi connectivity index (χ0) is 11.5. The largest absolute Gasteiger partial charge is 0.469 e. The highest BCUT2D eigenvalue weighted by atomic mass is 16.7. The van der Waals surface area contributed by atoms with Crippen LogP contribution in [0, 0.1) is 11.8 Å². The molecule has 0 bridgehead atoms. The van der Waals surface area contributed by atoms with E-state index in [0.717, 1.165) is 6.29 Å². The molecule has 0 aliphatic heterocycles. The van der Waals surface area contributed by atoms with Crippen LogP contribution in [0.4, 0.5) is 0 Å². The molecule has 0 aromatic carbocycles. The number of esters is 1. The first-order valence-electron chi connectivity index (χ1n) is 4.78. The smallest absolute Gasteiger partial charge is 0.314 e. The third-order valence-corrected chi connectivity index (χ3v) is 3.05. The molecule has 1 aliphatic rings. The first-order valence-corrected chi connectivity index (χ1v) is 4.78. The predicted octanol–water partition coefficient (Wildman–Crippen LogP) is 0.374. The quantitative estimate of drug-likeness (QED) is 0.386. The van der Waals surface area contributed by atoms with Crippen molar-refractivity contribution >= 4 is 12.3 Å². The number of rotatable bonds is 4.